The zero-order valence-corrected chi connectivity index (χ0v) is 9.76. The van der Waals surface area contributed by atoms with Crippen molar-refractivity contribution in [1.29, 1.82) is 0 Å². The Morgan fingerprint density at radius 3 is 2.23 bits per heavy atom. The van der Waals surface area contributed by atoms with Crippen LogP contribution in [0.25, 0.3) is 0 Å². The van der Waals surface area contributed by atoms with E-state index in [4.69, 9.17) is 4.74 Å². The van der Waals surface area contributed by atoms with E-state index in [2.05, 4.69) is 34.6 Å². The maximum absolute atomic E-state index is 5.92. The highest BCUT2D eigenvalue weighted by molar-refractivity contribution is 4.85. The van der Waals surface area contributed by atoms with E-state index in [1.165, 1.54) is 12.8 Å². The van der Waals surface area contributed by atoms with E-state index in [-0.39, 0.29) is 0 Å². The Kier molecular flexibility index (Phi) is 3.39. The van der Waals surface area contributed by atoms with Crippen molar-refractivity contribution in [1.82, 2.24) is 0 Å². The molecule has 1 aliphatic heterocycles. The number of hydrogen-bond acceptors (Lipinski definition) is 1. The first-order chi connectivity index (χ1) is 5.93. The molecule has 0 aromatic rings. The van der Waals surface area contributed by atoms with Crippen LogP contribution in [0.2, 0.25) is 0 Å². The average Bonchev–Trinajstić information content (AvgIpc) is 2.03. The van der Waals surface area contributed by atoms with Gasteiger partial charge < -0.3 is 4.74 Å². The predicted molar refractivity (Wildman–Crippen MR) is 56.8 cm³/mol. The first kappa shape index (κ1) is 11.0. The molecule has 13 heavy (non-hydrogen) atoms. The normalized spacial score (nSPS) is 30.9. The van der Waals surface area contributed by atoms with E-state index in [9.17, 15) is 0 Å². The molecule has 1 aliphatic rings. The van der Waals surface area contributed by atoms with Crippen LogP contribution in [0.4, 0.5) is 0 Å². The second kappa shape index (κ2) is 4.00. The zero-order valence-electron chi connectivity index (χ0n) is 9.76. The summed E-state index contributed by atoms with van der Waals surface area (Å²) in [7, 11) is 0. The Morgan fingerprint density at radius 1 is 1.23 bits per heavy atom. The third-order valence-electron chi connectivity index (χ3n) is 3.08. The van der Waals surface area contributed by atoms with Gasteiger partial charge in [0.05, 0.1) is 6.10 Å². The van der Waals surface area contributed by atoms with Crippen LogP contribution in [0.5, 0.6) is 0 Å². The van der Waals surface area contributed by atoms with Crippen molar-refractivity contribution in [2.24, 2.45) is 17.3 Å². The minimum absolute atomic E-state index is 0.301. The van der Waals surface area contributed by atoms with Crippen LogP contribution in [0.3, 0.4) is 0 Å². The summed E-state index contributed by atoms with van der Waals surface area (Å²) in [4.78, 5) is 0. The molecule has 1 fully saturated rings. The Labute approximate surface area is 82.9 Å². The molecular formula is C12H24O. The molecule has 1 heteroatoms. The van der Waals surface area contributed by atoms with Gasteiger partial charge in [-0.25, -0.2) is 0 Å². The largest absolute Gasteiger partial charge is 0.377 e. The molecule has 0 spiro atoms. The van der Waals surface area contributed by atoms with E-state index in [1.807, 2.05) is 0 Å². The summed E-state index contributed by atoms with van der Waals surface area (Å²) in [6.45, 7) is 12.5. The summed E-state index contributed by atoms with van der Waals surface area (Å²) in [6.07, 6.45) is 3.05. The van der Waals surface area contributed by atoms with E-state index >= 15 is 0 Å². The van der Waals surface area contributed by atoms with Crippen molar-refractivity contribution in [3.8, 4) is 0 Å². The van der Waals surface area contributed by atoms with Crippen LogP contribution in [-0.2, 0) is 4.74 Å². The van der Waals surface area contributed by atoms with E-state index in [1.54, 1.807) is 0 Å². The summed E-state index contributed by atoms with van der Waals surface area (Å²) in [5, 5.41) is 0. The van der Waals surface area contributed by atoms with Crippen LogP contribution < -0.4 is 0 Å². The topological polar surface area (TPSA) is 9.23 Å². The van der Waals surface area contributed by atoms with Crippen molar-refractivity contribution < 1.29 is 4.74 Å². The molecular weight excluding hydrogens is 160 g/mol. The molecule has 0 aromatic heterocycles. The molecule has 1 nitrogen and oxygen atoms in total. The first-order valence-corrected chi connectivity index (χ1v) is 5.54. The van der Waals surface area contributed by atoms with Gasteiger partial charge in [0.2, 0.25) is 0 Å². The van der Waals surface area contributed by atoms with Crippen LogP contribution in [0, 0.1) is 17.3 Å². The lowest BCUT2D eigenvalue weighted by Gasteiger charge is -2.42. The molecule has 0 amide bonds. The van der Waals surface area contributed by atoms with E-state index in [0.29, 0.717) is 11.5 Å². The lowest BCUT2D eigenvalue weighted by Crippen LogP contribution is -2.42. The predicted octanol–water partition coefficient (Wildman–Crippen LogP) is 3.48. The highest BCUT2D eigenvalue weighted by Gasteiger charge is 2.36. The van der Waals surface area contributed by atoms with Crippen LogP contribution in [0.15, 0.2) is 0 Å². The van der Waals surface area contributed by atoms with Crippen molar-refractivity contribution in [2.75, 3.05) is 6.61 Å². The summed E-state index contributed by atoms with van der Waals surface area (Å²) in [5.74, 6) is 1.51. The summed E-state index contributed by atoms with van der Waals surface area (Å²) >= 11 is 0. The fourth-order valence-electron chi connectivity index (χ4n) is 2.38. The van der Waals surface area contributed by atoms with E-state index < -0.39 is 0 Å². The SMILES string of the molecule is CC(C)C1CCCOC1C(C)(C)C. The van der Waals surface area contributed by atoms with Gasteiger partial charge in [0.25, 0.3) is 0 Å². The monoisotopic (exact) mass is 184 g/mol. The highest BCUT2D eigenvalue weighted by Crippen LogP contribution is 2.37. The Balaban J connectivity index is 2.67. The maximum Gasteiger partial charge on any atom is 0.0653 e. The fraction of sp³-hybridized carbons (Fsp3) is 1.00. The average molecular weight is 184 g/mol. The molecule has 1 saturated heterocycles. The quantitative estimate of drug-likeness (QED) is 0.606. The van der Waals surface area contributed by atoms with Gasteiger partial charge in [0.1, 0.15) is 0 Å². The van der Waals surface area contributed by atoms with Gasteiger partial charge in [-0.3, -0.25) is 0 Å². The molecule has 0 aromatic carbocycles. The summed E-state index contributed by atoms with van der Waals surface area (Å²) < 4.78 is 5.92. The minimum atomic E-state index is 0.301. The van der Waals surface area contributed by atoms with Crippen molar-refractivity contribution >= 4 is 0 Å². The van der Waals surface area contributed by atoms with Gasteiger partial charge in [0, 0.05) is 6.61 Å². The van der Waals surface area contributed by atoms with Crippen molar-refractivity contribution in [2.45, 2.75) is 53.6 Å². The zero-order chi connectivity index (χ0) is 10.1. The third kappa shape index (κ3) is 2.70. The van der Waals surface area contributed by atoms with Crippen LogP contribution in [0.1, 0.15) is 47.5 Å². The lowest BCUT2D eigenvalue weighted by molar-refractivity contribution is -0.0976. The molecule has 2 unspecified atom stereocenters. The Morgan fingerprint density at radius 2 is 1.85 bits per heavy atom. The van der Waals surface area contributed by atoms with Gasteiger partial charge >= 0.3 is 0 Å². The standard InChI is InChI=1S/C12H24O/c1-9(2)10-7-6-8-13-11(10)12(3,4)5/h9-11H,6-8H2,1-5H3. The molecule has 1 rings (SSSR count). The molecule has 0 bridgehead atoms. The highest BCUT2D eigenvalue weighted by atomic mass is 16.5. The van der Waals surface area contributed by atoms with Crippen LogP contribution >= 0.6 is 0 Å². The maximum atomic E-state index is 5.92. The van der Waals surface area contributed by atoms with E-state index in [0.717, 1.165) is 18.4 Å². The second-order valence-electron chi connectivity index (χ2n) is 5.71. The molecule has 0 aliphatic carbocycles. The Bertz CT molecular complexity index is 155. The second-order valence-corrected chi connectivity index (χ2v) is 5.71. The number of ether oxygens (including phenoxy) is 1. The lowest BCUT2D eigenvalue weighted by atomic mass is 9.73. The summed E-state index contributed by atoms with van der Waals surface area (Å²) in [5.41, 5.74) is 0.301. The van der Waals surface area contributed by atoms with Crippen LogP contribution in [-0.4, -0.2) is 12.7 Å². The Hall–Kier alpha value is -0.0400. The van der Waals surface area contributed by atoms with Crippen molar-refractivity contribution in [3.05, 3.63) is 0 Å². The molecule has 78 valence electrons. The molecule has 0 radical (unpaired) electrons. The van der Waals surface area contributed by atoms with Gasteiger partial charge in [-0.2, -0.15) is 0 Å². The number of rotatable bonds is 1. The van der Waals surface area contributed by atoms with Gasteiger partial charge in [-0.1, -0.05) is 34.6 Å². The minimum Gasteiger partial charge on any atom is -0.377 e. The first-order valence-electron chi connectivity index (χ1n) is 5.54. The third-order valence-corrected chi connectivity index (χ3v) is 3.08. The smallest absolute Gasteiger partial charge is 0.0653 e. The summed E-state index contributed by atoms with van der Waals surface area (Å²) in [6, 6.07) is 0. The fourth-order valence-corrected chi connectivity index (χ4v) is 2.38. The van der Waals surface area contributed by atoms with Gasteiger partial charge in [-0.15, -0.1) is 0 Å². The molecule has 1 heterocycles. The van der Waals surface area contributed by atoms with Crippen molar-refractivity contribution in [3.63, 3.8) is 0 Å². The number of hydrogen-bond donors (Lipinski definition) is 0. The molecule has 0 N–H and O–H groups in total. The van der Waals surface area contributed by atoms with Gasteiger partial charge in [0.15, 0.2) is 0 Å². The van der Waals surface area contributed by atoms with Gasteiger partial charge in [-0.05, 0) is 30.1 Å². The molecule has 2 atom stereocenters. The molecule has 0 saturated carbocycles.